The second-order valence-electron chi connectivity index (χ2n) is 5.39. The molecule has 3 rings (SSSR count). The van der Waals surface area contributed by atoms with Crippen LogP contribution in [0.2, 0.25) is 0 Å². The molecule has 0 heterocycles. The monoisotopic (exact) mass is 268 g/mol. The summed E-state index contributed by atoms with van der Waals surface area (Å²) in [6.45, 7) is 4.23. The zero-order chi connectivity index (χ0) is 14.8. The summed E-state index contributed by atoms with van der Waals surface area (Å²) in [5.41, 5.74) is 8.16. The Morgan fingerprint density at radius 2 is 1.14 bits per heavy atom. The highest BCUT2D eigenvalue weighted by Crippen LogP contribution is 2.36. The van der Waals surface area contributed by atoms with Gasteiger partial charge >= 0.3 is 0 Å². The predicted molar refractivity (Wildman–Crippen MR) is 92.2 cm³/mol. The summed E-state index contributed by atoms with van der Waals surface area (Å²) in [6.07, 6.45) is 0. The third kappa shape index (κ3) is 2.52. The topological polar surface area (TPSA) is 0 Å². The van der Waals surface area contributed by atoms with Crippen LogP contribution in [0.3, 0.4) is 0 Å². The molecule has 0 saturated heterocycles. The zero-order valence-electron chi connectivity index (χ0n) is 12.4. The second kappa shape index (κ2) is 5.61. The maximum Gasteiger partial charge on any atom is 0.114 e. The first-order valence-electron chi connectivity index (χ1n) is 7.19. The van der Waals surface area contributed by atoms with Crippen LogP contribution in [0.1, 0.15) is 11.1 Å². The van der Waals surface area contributed by atoms with Crippen molar-refractivity contribution in [3.05, 3.63) is 77.9 Å². The first-order valence-corrected chi connectivity index (χ1v) is 7.19. The minimum Gasteiger partial charge on any atom is -0.0929 e. The molecule has 0 atom stereocenters. The molecule has 0 aliphatic heterocycles. The number of hydrogen-bond donors (Lipinski definition) is 0. The normalized spacial score (nSPS) is 10.6. The molecule has 0 bridgehead atoms. The van der Waals surface area contributed by atoms with Crippen LogP contribution < -0.4 is 5.46 Å². The lowest BCUT2D eigenvalue weighted by Crippen LogP contribution is -2.11. The summed E-state index contributed by atoms with van der Waals surface area (Å²) in [5.74, 6) is 0. The lowest BCUT2D eigenvalue weighted by atomic mass is 9.80. The van der Waals surface area contributed by atoms with Crippen LogP contribution in [-0.4, -0.2) is 7.85 Å². The minimum atomic E-state index is 0.853. The van der Waals surface area contributed by atoms with Gasteiger partial charge < -0.3 is 0 Å². The van der Waals surface area contributed by atoms with E-state index in [0.717, 1.165) is 11.0 Å². The van der Waals surface area contributed by atoms with Crippen molar-refractivity contribution < 1.29 is 0 Å². The molecular weight excluding hydrogens is 251 g/mol. The molecule has 0 aromatic heterocycles. The van der Waals surface area contributed by atoms with Gasteiger partial charge in [0.15, 0.2) is 0 Å². The Morgan fingerprint density at radius 1 is 0.667 bits per heavy atom. The molecule has 0 N–H and O–H groups in total. The van der Waals surface area contributed by atoms with Crippen molar-refractivity contribution >= 4 is 13.3 Å². The van der Waals surface area contributed by atoms with E-state index in [9.17, 15) is 0 Å². The molecule has 21 heavy (non-hydrogen) atoms. The number of rotatable bonds is 2. The van der Waals surface area contributed by atoms with E-state index >= 15 is 0 Å². The molecule has 100 valence electrons. The maximum absolute atomic E-state index is 6.21. The van der Waals surface area contributed by atoms with Gasteiger partial charge in [-0.05, 0) is 47.2 Å². The van der Waals surface area contributed by atoms with Crippen LogP contribution in [-0.2, 0) is 0 Å². The van der Waals surface area contributed by atoms with E-state index in [1.807, 2.05) is 12.1 Å². The fourth-order valence-corrected chi connectivity index (χ4v) is 2.89. The molecule has 1 heteroatoms. The average Bonchev–Trinajstić information content (AvgIpc) is 2.52. The number of hydrogen-bond acceptors (Lipinski definition) is 0. The van der Waals surface area contributed by atoms with Gasteiger partial charge in [0.05, 0.1) is 0 Å². The molecule has 0 nitrogen and oxygen atoms in total. The molecule has 0 saturated carbocycles. The Hall–Kier alpha value is -2.28. The van der Waals surface area contributed by atoms with Gasteiger partial charge in [0, 0.05) is 0 Å². The number of aryl methyl sites for hydroxylation is 1. The highest BCUT2D eigenvalue weighted by molar-refractivity contribution is 6.34. The average molecular weight is 268 g/mol. The lowest BCUT2D eigenvalue weighted by Gasteiger charge is -2.19. The molecule has 0 aliphatic carbocycles. The Morgan fingerprint density at radius 3 is 1.67 bits per heavy atom. The molecule has 0 unspecified atom stereocenters. The molecule has 0 aliphatic rings. The minimum absolute atomic E-state index is 0.853. The summed E-state index contributed by atoms with van der Waals surface area (Å²) in [4.78, 5) is 0. The van der Waals surface area contributed by atoms with E-state index in [4.69, 9.17) is 7.85 Å². The maximum atomic E-state index is 6.21. The lowest BCUT2D eigenvalue weighted by molar-refractivity contribution is 1.41. The SMILES string of the molecule is [B]c1cc(C)c(-c2ccccc2)c(-c2ccccc2)c1C. The first-order chi connectivity index (χ1) is 10.2. The fourth-order valence-electron chi connectivity index (χ4n) is 2.89. The summed E-state index contributed by atoms with van der Waals surface area (Å²) < 4.78 is 0. The Bertz CT molecular complexity index is 759. The van der Waals surface area contributed by atoms with Crippen LogP contribution in [0, 0.1) is 13.8 Å². The second-order valence-corrected chi connectivity index (χ2v) is 5.39. The van der Waals surface area contributed by atoms with E-state index in [0.29, 0.717) is 0 Å². The van der Waals surface area contributed by atoms with E-state index in [1.165, 1.54) is 27.8 Å². The Balaban J connectivity index is 2.37. The van der Waals surface area contributed by atoms with Gasteiger partial charge in [0.1, 0.15) is 7.85 Å². The van der Waals surface area contributed by atoms with E-state index in [-0.39, 0.29) is 0 Å². The summed E-state index contributed by atoms with van der Waals surface area (Å²) >= 11 is 0. The van der Waals surface area contributed by atoms with Crippen LogP contribution in [0.4, 0.5) is 0 Å². The summed E-state index contributed by atoms with van der Waals surface area (Å²) in [6, 6.07) is 23.1. The van der Waals surface area contributed by atoms with Gasteiger partial charge in [-0.1, -0.05) is 72.2 Å². The third-order valence-corrected chi connectivity index (χ3v) is 3.95. The van der Waals surface area contributed by atoms with Crippen LogP contribution in [0.5, 0.6) is 0 Å². The van der Waals surface area contributed by atoms with Gasteiger partial charge in [-0.25, -0.2) is 0 Å². The fraction of sp³-hybridized carbons (Fsp3) is 0.100. The molecule has 3 aromatic carbocycles. The van der Waals surface area contributed by atoms with Crippen molar-refractivity contribution in [3.63, 3.8) is 0 Å². The molecule has 0 spiro atoms. The van der Waals surface area contributed by atoms with Gasteiger partial charge in [-0.15, -0.1) is 0 Å². The third-order valence-electron chi connectivity index (χ3n) is 3.95. The standard InChI is InChI=1S/C20H17B/c1-14-13-18(21)15(2)20(17-11-7-4-8-12-17)19(14)16-9-5-3-6-10-16/h3-13H,1-2H3. The van der Waals surface area contributed by atoms with Crippen molar-refractivity contribution in [3.8, 4) is 22.3 Å². The van der Waals surface area contributed by atoms with Gasteiger partial charge in [0.25, 0.3) is 0 Å². The smallest absolute Gasteiger partial charge is 0.0929 e. The molecule has 0 amide bonds. The van der Waals surface area contributed by atoms with E-state index in [2.05, 4.69) is 68.4 Å². The van der Waals surface area contributed by atoms with E-state index < -0.39 is 0 Å². The molecular formula is C20H17B. The highest BCUT2D eigenvalue weighted by atomic mass is 14.2. The van der Waals surface area contributed by atoms with Gasteiger partial charge in [-0.3, -0.25) is 0 Å². The van der Waals surface area contributed by atoms with Crippen LogP contribution >= 0.6 is 0 Å². The highest BCUT2D eigenvalue weighted by Gasteiger charge is 2.14. The van der Waals surface area contributed by atoms with Crippen molar-refractivity contribution in [2.75, 3.05) is 0 Å². The van der Waals surface area contributed by atoms with Crippen molar-refractivity contribution in [2.24, 2.45) is 0 Å². The summed E-state index contributed by atoms with van der Waals surface area (Å²) in [5, 5.41) is 0. The van der Waals surface area contributed by atoms with E-state index in [1.54, 1.807) is 0 Å². The van der Waals surface area contributed by atoms with Crippen molar-refractivity contribution in [2.45, 2.75) is 13.8 Å². The Kier molecular flexibility index (Phi) is 3.66. The molecule has 3 aromatic rings. The zero-order valence-corrected chi connectivity index (χ0v) is 12.4. The van der Waals surface area contributed by atoms with Crippen LogP contribution in [0.25, 0.3) is 22.3 Å². The van der Waals surface area contributed by atoms with Gasteiger partial charge in [-0.2, -0.15) is 0 Å². The Labute approximate surface area is 127 Å². The van der Waals surface area contributed by atoms with Crippen molar-refractivity contribution in [1.29, 1.82) is 0 Å². The predicted octanol–water partition coefficient (Wildman–Crippen LogP) is 4.43. The number of benzene rings is 3. The van der Waals surface area contributed by atoms with Gasteiger partial charge in [0.2, 0.25) is 0 Å². The van der Waals surface area contributed by atoms with Crippen LogP contribution in [0.15, 0.2) is 66.7 Å². The molecule has 0 fully saturated rings. The summed E-state index contributed by atoms with van der Waals surface area (Å²) in [7, 11) is 6.21. The van der Waals surface area contributed by atoms with Crippen molar-refractivity contribution in [1.82, 2.24) is 0 Å². The quantitative estimate of drug-likeness (QED) is 0.603. The molecule has 2 radical (unpaired) electrons. The largest absolute Gasteiger partial charge is 0.114 e. The first kappa shape index (κ1) is 13.7.